The van der Waals surface area contributed by atoms with E-state index >= 15 is 0 Å². The van der Waals surface area contributed by atoms with Gasteiger partial charge in [0.2, 0.25) is 11.0 Å². The molecule has 2 aromatic carbocycles. The van der Waals surface area contributed by atoms with Crippen LogP contribution in [0.25, 0.3) is 46.1 Å². The van der Waals surface area contributed by atoms with E-state index in [0.717, 1.165) is 22.5 Å². The standard InChI is InChI=1S/C30H29N3O/c1-31-19-17-23(27-7-3-5-9-29(27)31)11-13-25-15-16-26(32(25)2)14-12-24-18-20-33(21-22-34)30-10-6-4-8-28(24)30/h3-20,34H,21-22H2,1-2H3/q+2. The molecule has 0 aliphatic carbocycles. The lowest BCUT2D eigenvalue weighted by atomic mass is 10.1. The van der Waals surface area contributed by atoms with Crippen molar-refractivity contribution in [1.29, 1.82) is 0 Å². The molecule has 4 heteroatoms. The average molecular weight is 448 g/mol. The van der Waals surface area contributed by atoms with Crippen LogP contribution in [0.3, 0.4) is 0 Å². The highest BCUT2D eigenvalue weighted by molar-refractivity contribution is 5.90. The molecule has 0 aliphatic heterocycles. The highest BCUT2D eigenvalue weighted by Gasteiger charge is 2.11. The summed E-state index contributed by atoms with van der Waals surface area (Å²) in [4.78, 5) is 0. The zero-order valence-corrected chi connectivity index (χ0v) is 19.6. The first-order chi connectivity index (χ1) is 16.7. The molecule has 5 aromatic rings. The molecule has 168 valence electrons. The van der Waals surface area contributed by atoms with E-state index in [-0.39, 0.29) is 6.61 Å². The maximum Gasteiger partial charge on any atom is 0.213 e. The average Bonchev–Trinajstić information content (AvgIpc) is 3.22. The molecule has 0 aliphatic rings. The van der Waals surface area contributed by atoms with Crippen LogP contribution in [0.4, 0.5) is 0 Å². The summed E-state index contributed by atoms with van der Waals surface area (Å²) in [5.41, 5.74) is 7.00. The number of para-hydroxylation sites is 2. The van der Waals surface area contributed by atoms with Crippen molar-refractivity contribution in [3.05, 3.63) is 108 Å². The number of aryl methyl sites for hydroxylation is 1. The quantitative estimate of drug-likeness (QED) is 0.374. The summed E-state index contributed by atoms with van der Waals surface area (Å²) in [7, 11) is 4.18. The minimum absolute atomic E-state index is 0.126. The van der Waals surface area contributed by atoms with Crippen LogP contribution in [-0.2, 0) is 20.6 Å². The van der Waals surface area contributed by atoms with Gasteiger partial charge in [0.1, 0.15) is 13.7 Å². The molecule has 0 amide bonds. The molecular weight excluding hydrogens is 418 g/mol. The molecule has 1 N–H and O–H groups in total. The van der Waals surface area contributed by atoms with Gasteiger partial charge in [-0.3, -0.25) is 0 Å². The number of aliphatic hydroxyl groups excluding tert-OH is 1. The lowest BCUT2D eigenvalue weighted by molar-refractivity contribution is -0.672. The van der Waals surface area contributed by atoms with E-state index in [1.807, 2.05) is 12.3 Å². The number of aliphatic hydroxyl groups is 1. The van der Waals surface area contributed by atoms with Gasteiger partial charge in [-0.1, -0.05) is 36.4 Å². The monoisotopic (exact) mass is 447 g/mol. The van der Waals surface area contributed by atoms with Crippen molar-refractivity contribution in [3.63, 3.8) is 0 Å². The van der Waals surface area contributed by atoms with Crippen molar-refractivity contribution in [2.45, 2.75) is 6.54 Å². The second-order valence-corrected chi connectivity index (χ2v) is 8.51. The van der Waals surface area contributed by atoms with Gasteiger partial charge < -0.3 is 9.67 Å². The number of hydrogen-bond donors (Lipinski definition) is 1. The Labute approximate surface area is 200 Å². The largest absolute Gasteiger partial charge is 0.390 e. The van der Waals surface area contributed by atoms with E-state index in [1.54, 1.807) is 0 Å². The fraction of sp³-hybridized carbons (Fsp3) is 0.133. The summed E-state index contributed by atoms with van der Waals surface area (Å²) >= 11 is 0. The predicted octanol–water partition coefficient (Wildman–Crippen LogP) is 4.78. The summed E-state index contributed by atoms with van der Waals surface area (Å²) in [6.07, 6.45) is 12.8. The molecule has 0 radical (unpaired) electrons. The van der Waals surface area contributed by atoms with Crippen LogP contribution in [0.5, 0.6) is 0 Å². The summed E-state index contributed by atoms with van der Waals surface area (Å²) in [6.45, 7) is 0.716. The Hall–Kier alpha value is -4.02. The van der Waals surface area contributed by atoms with E-state index in [1.165, 1.54) is 21.9 Å². The number of hydrogen-bond acceptors (Lipinski definition) is 1. The fourth-order valence-corrected chi connectivity index (χ4v) is 4.52. The summed E-state index contributed by atoms with van der Waals surface area (Å²) < 4.78 is 6.44. The molecule has 5 rings (SSSR count). The number of benzene rings is 2. The molecule has 0 saturated carbocycles. The first-order valence-electron chi connectivity index (χ1n) is 11.6. The van der Waals surface area contributed by atoms with Crippen LogP contribution in [0.15, 0.2) is 85.2 Å². The molecule has 3 heterocycles. The normalized spacial score (nSPS) is 12.0. The second kappa shape index (κ2) is 9.46. The molecule has 3 aromatic heterocycles. The van der Waals surface area contributed by atoms with Gasteiger partial charge in [0.05, 0.1) is 10.8 Å². The summed E-state index contributed by atoms with van der Waals surface area (Å²) in [5, 5.41) is 11.8. The van der Waals surface area contributed by atoms with Gasteiger partial charge in [0, 0.05) is 42.7 Å². The third-order valence-corrected chi connectivity index (χ3v) is 6.44. The number of aromatic nitrogens is 3. The van der Waals surface area contributed by atoms with Gasteiger partial charge in [-0.25, -0.2) is 4.57 Å². The minimum atomic E-state index is 0.126. The third-order valence-electron chi connectivity index (χ3n) is 6.44. The molecule has 0 spiro atoms. The molecule has 0 atom stereocenters. The Balaban J connectivity index is 1.44. The molecule has 4 nitrogen and oxygen atoms in total. The maximum atomic E-state index is 9.37. The Morgan fingerprint density at radius 3 is 1.91 bits per heavy atom. The van der Waals surface area contributed by atoms with Crippen molar-refractivity contribution >= 4 is 46.1 Å². The smallest absolute Gasteiger partial charge is 0.213 e. The summed E-state index contributed by atoms with van der Waals surface area (Å²) in [5.74, 6) is 0. The van der Waals surface area contributed by atoms with Crippen LogP contribution in [0.1, 0.15) is 22.5 Å². The second-order valence-electron chi connectivity index (χ2n) is 8.51. The van der Waals surface area contributed by atoms with Crippen molar-refractivity contribution in [1.82, 2.24) is 4.57 Å². The van der Waals surface area contributed by atoms with E-state index in [2.05, 4.69) is 125 Å². The van der Waals surface area contributed by atoms with Gasteiger partial charge in [-0.05, 0) is 47.5 Å². The van der Waals surface area contributed by atoms with Crippen LogP contribution in [0, 0.1) is 0 Å². The summed E-state index contributed by atoms with van der Waals surface area (Å²) in [6, 6.07) is 25.4. The van der Waals surface area contributed by atoms with Gasteiger partial charge >= 0.3 is 0 Å². The molecule has 0 fully saturated rings. The number of nitrogens with zero attached hydrogens (tertiary/aromatic N) is 3. The maximum absolute atomic E-state index is 9.37. The Kier molecular flexibility index (Phi) is 6.07. The van der Waals surface area contributed by atoms with E-state index in [4.69, 9.17) is 0 Å². The van der Waals surface area contributed by atoms with E-state index in [9.17, 15) is 5.11 Å². The first-order valence-corrected chi connectivity index (χ1v) is 11.6. The van der Waals surface area contributed by atoms with Crippen molar-refractivity contribution in [3.8, 4) is 0 Å². The van der Waals surface area contributed by atoms with Crippen LogP contribution in [-0.4, -0.2) is 16.3 Å². The van der Waals surface area contributed by atoms with E-state index < -0.39 is 0 Å². The number of fused-ring (bicyclic) bond motifs is 2. The third kappa shape index (κ3) is 4.16. The topological polar surface area (TPSA) is 32.9 Å². The Morgan fingerprint density at radius 2 is 1.26 bits per heavy atom. The number of pyridine rings is 2. The molecular formula is C30H29N3O+2. The fourth-order valence-electron chi connectivity index (χ4n) is 4.52. The zero-order valence-electron chi connectivity index (χ0n) is 19.6. The minimum Gasteiger partial charge on any atom is -0.390 e. The van der Waals surface area contributed by atoms with Crippen LogP contribution < -0.4 is 9.13 Å². The SMILES string of the molecule is Cn1c(/C=C/c2cc[n+](C)c3ccccc23)ccc1/C=C/c1cc[n+](CCO)c2ccccc12. The molecule has 34 heavy (non-hydrogen) atoms. The predicted molar refractivity (Wildman–Crippen MR) is 140 cm³/mol. The lowest BCUT2D eigenvalue weighted by Gasteiger charge is -2.04. The van der Waals surface area contributed by atoms with Crippen LogP contribution >= 0.6 is 0 Å². The zero-order chi connectivity index (χ0) is 23.5. The molecule has 0 saturated heterocycles. The highest BCUT2D eigenvalue weighted by atomic mass is 16.3. The van der Waals surface area contributed by atoms with Crippen molar-refractivity contribution in [2.24, 2.45) is 14.1 Å². The van der Waals surface area contributed by atoms with Gasteiger partial charge in [-0.2, -0.15) is 4.57 Å². The Morgan fingerprint density at radius 1 is 0.706 bits per heavy atom. The highest BCUT2D eigenvalue weighted by Crippen LogP contribution is 2.21. The van der Waals surface area contributed by atoms with Crippen LogP contribution in [0.2, 0.25) is 0 Å². The molecule has 0 bridgehead atoms. The van der Waals surface area contributed by atoms with Crippen molar-refractivity contribution in [2.75, 3.05) is 6.61 Å². The van der Waals surface area contributed by atoms with Gasteiger partial charge in [0.25, 0.3) is 0 Å². The van der Waals surface area contributed by atoms with Gasteiger partial charge in [-0.15, -0.1) is 0 Å². The Bertz CT molecular complexity index is 1540. The number of rotatable bonds is 6. The van der Waals surface area contributed by atoms with Gasteiger partial charge in [0.15, 0.2) is 18.9 Å². The first kappa shape index (κ1) is 21.8. The van der Waals surface area contributed by atoms with Crippen molar-refractivity contribution < 1.29 is 14.2 Å². The van der Waals surface area contributed by atoms with E-state index in [0.29, 0.717) is 6.54 Å². The lowest BCUT2D eigenvalue weighted by Crippen LogP contribution is -2.36. The molecule has 0 unspecified atom stereocenters.